The summed E-state index contributed by atoms with van der Waals surface area (Å²) in [4.78, 5) is 22.3. The second-order valence-electron chi connectivity index (χ2n) is 11.4. The van der Waals surface area contributed by atoms with Gasteiger partial charge in [-0.05, 0) is 32.1 Å². The zero-order valence-electron chi connectivity index (χ0n) is 25.2. The lowest BCUT2D eigenvalue weighted by molar-refractivity contribution is -0.348. The number of allylic oxidation sites excluding steroid dienone is 1. The van der Waals surface area contributed by atoms with E-state index in [1.165, 1.54) is 57.8 Å². The third-order valence-electron chi connectivity index (χ3n) is 8.05. The molecule has 0 aromatic carbocycles. The molecule has 0 radical (unpaired) electrons. The molecule has 6 atom stereocenters. The van der Waals surface area contributed by atoms with Crippen LogP contribution in [0, 0.1) is 5.92 Å². The average molecular weight is 589 g/mol. The van der Waals surface area contributed by atoms with Gasteiger partial charge >= 0.3 is 11.9 Å². The Kier molecular flexibility index (Phi) is 19.4. The van der Waals surface area contributed by atoms with Crippen LogP contribution in [-0.4, -0.2) is 85.5 Å². The molecule has 0 bridgehead atoms. The number of unbranched alkanes of at least 4 members (excludes halogenated alkanes) is 12. The van der Waals surface area contributed by atoms with Crippen molar-refractivity contribution in [3.63, 3.8) is 0 Å². The van der Waals surface area contributed by atoms with Crippen LogP contribution in [0.15, 0.2) is 12.2 Å². The zero-order chi connectivity index (χ0) is 30.7. The highest BCUT2D eigenvalue weighted by Gasteiger charge is 2.55. The standard InChI is InChI=1S/C31H56O10/c1-3-5-6-7-8-9-10-11-12-13-14-15-16-19-23(4-2)40-30-31(39,27(34)26(33)25(22-32)41-30)21-18-17-20-24(28(35)36)29(37)38/h16,19,23-27,30,32-34,39H,3-15,17-18,20-22H2,1-2H3,(H,35,36)(H,37,38)/t23?,25-,26+,27+,30-,31-/m1/s1. The number of carboxylic acids is 2. The second-order valence-corrected chi connectivity index (χ2v) is 11.4. The molecule has 0 saturated carbocycles. The van der Waals surface area contributed by atoms with Gasteiger partial charge in [0.05, 0.1) is 12.7 Å². The summed E-state index contributed by atoms with van der Waals surface area (Å²) >= 11 is 0. The van der Waals surface area contributed by atoms with Crippen LogP contribution >= 0.6 is 0 Å². The first-order valence-corrected chi connectivity index (χ1v) is 15.7. The van der Waals surface area contributed by atoms with Crippen molar-refractivity contribution in [1.29, 1.82) is 0 Å². The Balaban J connectivity index is 2.58. The van der Waals surface area contributed by atoms with E-state index in [0.29, 0.717) is 6.42 Å². The Hall–Kier alpha value is -1.56. The maximum absolute atomic E-state index is 11.4. The maximum Gasteiger partial charge on any atom is 0.317 e. The molecule has 1 saturated heterocycles. The lowest BCUT2D eigenvalue weighted by Gasteiger charge is -2.48. The van der Waals surface area contributed by atoms with Crippen molar-refractivity contribution in [3.05, 3.63) is 12.2 Å². The molecule has 10 heteroatoms. The summed E-state index contributed by atoms with van der Waals surface area (Å²) in [6, 6.07) is 0. The van der Waals surface area contributed by atoms with Crippen molar-refractivity contribution in [2.45, 2.75) is 159 Å². The van der Waals surface area contributed by atoms with Crippen LogP contribution in [0.2, 0.25) is 0 Å². The van der Waals surface area contributed by atoms with Gasteiger partial charge in [0.1, 0.15) is 23.9 Å². The lowest BCUT2D eigenvalue weighted by atomic mass is 9.82. The highest BCUT2D eigenvalue weighted by Crippen LogP contribution is 2.36. The highest BCUT2D eigenvalue weighted by atomic mass is 16.7. The van der Waals surface area contributed by atoms with Crippen LogP contribution in [0.25, 0.3) is 0 Å². The van der Waals surface area contributed by atoms with Gasteiger partial charge in [-0.1, -0.05) is 103 Å². The number of aliphatic carboxylic acids is 2. The van der Waals surface area contributed by atoms with Crippen LogP contribution in [0.3, 0.4) is 0 Å². The minimum Gasteiger partial charge on any atom is -0.481 e. The van der Waals surface area contributed by atoms with Crippen LogP contribution in [-0.2, 0) is 19.1 Å². The third kappa shape index (κ3) is 13.5. The number of aliphatic hydroxyl groups excluding tert-OH is 3. The molecule has 0 aliphatic carbocycles. The van der Waals surface area contributed by atoms with E-state index in [0.717, 1.165) is 19.3 Å². The number of carbonyl (C=O) groups is 2. The molecule has 1 unspecified atom stereocenters. The van der Waals surface area contributed by atoms with Gasteiger partial charge in [-0.3, -0.25) is 9.59 Å². The average Bonchev–Trinajstić information content (AvgIpc) is 2.94. The van der Waals surface area contributed by atoms with Gasteiger partial charge in [-0.25, -0.2) is 0 Å². The quantitative estimate of drug-likeness (QED) is 0.0533. The minimum absolute atomic E-state index is 0.126. The van der Waals surface area contributed by atoms with E-state index >= 15 is 0 Å². The summed E-state index contributed by atoms with van der Waals surface area (Å²) < 4.78 is 11.7. The van der Waals surface area contributed by atoms with Crippen molar-refractivity contribution >= 4 is 11.9 Å². The van der Waals surface area contributed by atoms with Crippen LogP contribution in [0.4, 0.5) is 0 Å². The molecule has 1 aliphatic heterocycles. The fraction of sp³-hybridized carbons (Fsp3) is 0.871. The fourth-order valence-corrected chi connectivity index (χ4v) is 5.28. The van der Waals surface area contributed by atoms with Gasteiger partial charge in [-0.15, -0.1) is 0 Å². The first kappa shape index (κ1) is 37.5. The first-order chi connectivity index (χ1) is 19.6. The van der Waals surface area contributed by atoms with Crippen molar-refractivity contribution in [2.24, 2.45) is 5.92 Å². The Bertz CT molecular complexity index is 730. The highest BCUT2D eigenvalue weighted by molar-refractivity contribution is 5.92. The number of rotatable bonds is 24. The number of hydrogen-bond donors (Lipinski definition) is 6. The zero-order valence-corrected chi connectivity index (χ0v) is 25.2. The van der Waals surface area contributed by atoms with E-state index in [1.807, 2.05) is 19.1 Å². The Morgan fingerprint density at radius 2 is 1.44 bits per heavy atom. The van der Waals surface area contributed by atoms with Gasteiger partial charge in [-0.2, -0.15) is 0 Å². The van der Waals surface area contributed by atoms with Crippen LogP contribution in [0.5, 0.6) is 0 Å². The molecule has 1 aliphatic rings. The molecular formula is C31H56O10. The van der Waals surface area contributed by atoms with Gasteiger partial charge in [0.15, 0.2) is 12.2 Å². The topological polar surface area (TPSA) is 174 Å². The molecule has 0 aromatic rings. The fourth-order valence-electron chi connectivity index (χ4n) is 5.28. The molecule has 240 valence electrons. The number of carboxylic acid groups (broad SMARTS) is 2. The number of ether oxygens (including phenoxy) is 2. The van der Waals surface area contributed by atoms with Crippen molar-refractivity contribution in [2.75, 3.05) is 6.61 Å². The largest absolute Gasteiger partial charge is 0.481 e. The summed E-state index contributed by atoms with van der Waals surface area (Å²) in [6.07, 6.45) is 13.2. The molecule has 0 aromatic heterocycles. The van der Waals surface area contributed by atoms with Crippen molar-refractivity contribution in [3.8, 4) is 0 Å². The second kappa shape index (κ2) is 21.2. The van der Waals surface area contributed by atoms with Crippen molar-refractivity contribution in [1.82, 2.24) is 0 Å². The normalized spacial score (nSPS) is 25.6. The molecule has 1 heterocycles. The number of hydrogen-bond acceptors (Lipinski definition) is 8. The molecule has 1 rings (SSSR count). The van der Waals surface area contributed by atoms with E-state index in [1.54, 1.807) is 0 Å². The summed E-state index contributed by atoms with van der Waals surface area (Å²) in [5.74, 6) is -4.45. The monoisotopic (exact) mass is 588 g/mol. The van der Waals surface area contributed by atoms with Crippen molar-refractivity contribution < 1.29 is 49.7 Å². The third-order valence-corrected chi connectivity index (χ3v) is 8.05. The van der Waals surface area contributed by atoms with E-state index in [9.17, 15) is 30.0 Å². The summed E-state index contributed by atoms with van der Waals surface area (Å²) in [7, 11) is 0. The molecule has 41 heavy (non-hydrogen) atoms. The molecule has 0 spiro atoms. The Morgan fingerprint density at radius 3 is 1.95 bits per heavy atom. The first-order valence-electron chi connectivity index (χ1n) is 15.7. The van der Waals surface area contributed by atoms with E-state index in [4.69, 9.17) is 19.7 Å². The van der Waals surface area contributed by atoms with Gasteiger partial charge in [0.25, 0.3) is 0 Å². The Morgan fingerprint density at radius 1 is 0.878 bits per heavy atom. The molecule has 0 amide bonds. The molecule has 6 N–H and O–H groups in total. The van der Waals surface area contributed by atoms with Crippen LogP contribution in [0.1, 0.15) is 123 Å². The maximum atomic E-state index is 11.4. The molecule has 10 nitrogen and oxygen atoms in total. The van der Waals surface area contributed by atoms with E-state index < -0.39 is 60.8 Å². The summed E-state index contributed by atoms with van der Waals surface area (Å²) in [5.41, 5.74) is -2.04. The smallest absolute Gasteiger partial charge is 0.317 e. The minimum atomic E-state index is -2.04. The lowest BCUT2D eigenvalue weighted by Crippen LogP contribution is -2.67. The SMILES string of the molecule is CCCCCCCCCCCCCC=CC(CC)O[C@@H]1O[C@H](CO)[C@H](O)[C@H](O)[C@]1(O)CCCCC(C(=O)O)C(=O)O. The van der Waals surface area contributed by atoms with Gasteiger partial charge in [0.2, 0.25) is 0 Å². The Labute approximate surface area is 245 Å². The summed E-state index contributed by atoms with van der Waals surface area (Å²) in [5, 5.41) is 60.3. The summed E-state index contributed by atoms with van der Waals surface area (Å²) in [6.45, 7) is 3.56. The van der Waals surface area contributed by atoms with Crippen LogP contribution < -0.4 is 0 Å². The van der Waals surface area contributed by atoms with Gasteiger partial charge < -0.3 is 40.1 Å². The van der Waals surface area contributed by atoms with E-state index in [2.05, 4.69) is 6.92 Å². The van der Waals surface area contributed by atoms with Gasteiger partial charge in [0, 0.05) is 0 Å². The molecular weight excluding hydrogens is 532 g/mol. The molecule has 1 fully saturated rings. The number of aliphatic hydroxyl groups is 4. The predicted molar refractivity (Wildman–Crippen MR) is 155 cm³/mol. The van der Waals surface area contributed by atoms with E-state index in [-0.39, 0.29) is 25.7 Å². The predicted octanol–water partition coefficient (Wildman–Crippen LogP) is 4.55.